The van der Waals surface area contributed by atoms with Crippen LogP contribution in [0.1, 0.15) is 5.56 Å². The predicted molar refractivity (Wildman–Crippen MR) is 58.6 cm³/mol. The third-order valence-electron chi connectivity index (χ3n) is 1.65. The van der Waals surface area contributed by atoms with Crippen molar-refractivity contribution in [3.63, 3.8) is 0 Å². The average Bonchev–Trinajstić information content (AvgIpc) is 2.14. The monoisotopic (exact) mass is 254 g/mol. The molecule has 1 aromatic rings. The molecular weight excluding hydrogens is 245 g/mol. The van der Waals surface area contributed by atoms with E-state index in [0.29, 0.717) is 0 Å². The van der Waals surface area contributed by atoms with Gasteiger partial charge in [-0.25, -0.2) is 0 Å². The van der Waals surface area contributed by atoms with Gasteiger partial charge in [0, 0.05) is 35.1 Å². The number of benzene rings is 1. The van der Waals surface area contributed by atoms with Crippen LogP contribution in [0.4, 0.5) is 0 Å². The predicted octanol–water partition coefficient (Wildman–Crippen LogP) is 0.0775. The van der Waals surface area contributed by atoms with E-state index in [0.717, 1.165) is 0 Å². The molecule has 0 aliphatic heterocycles. The second-order valence-electron chi connectivity index (χ2n) is 2.79. The van der Waals surface area contributed by atoms with Gasteiger partial charge in [0.05, 0.1) is 0 Å². The molecule has 1 radical (unpaired) electrons. The third kappa shape index (κ3) is 4.50. The first-order valence-electron chi connectivity index (χ1n) is 3.88. The number of nitrogens with zero attached hydrogens (tertiary/aromatic N) is 1. The molecule has 83 valence electrons. The smallest absolute Gasteiger partial charge is 0.270 e. The maximum absolute atomic E-state index is 10.6. The van der Waals surface area contributed by atoms with Gasteiger partial charge in [0.2, 0.25) is 0 Å². The summed E-state index contributed by atoms with van der Waals surface area (Å²) >= 11 is 0. The van der Waals surface area contributed by atoms with Gasteiger partial charge in [0.15, 0.2) is 0 Å². The van der Waals surface area contributed by atoms with Crippen LogP contribution in [0.3, 0.4) is 0 Å². The van der Waals surface area contributed by atoms with Crippen molar-refractivity contribution in [3.8, 4) is 5.75 Å². The molecule has 16 heavy (non-hydrogen) atoms. The number of aromatic hydroxyl groups is 1. The maximum Gasteiger partial charge on any atom is 0.270 e. The number of oxime groups is 1. The standard InChI is InChI=1S/C8H9NO5S.Na/c10-8-4-2-1-3-6(8)7(9-11)5-15(12,13)14;/h1-4,10-11H,5H2,(H,12,13,14);/b9-7-;. The molecule has 0 aliphatic carbocycles. The fraction of sp³-hybridized carbons (Fsp3) is 0.125. The Labute approximate surface area is 115 Å². The zero-order valence-corrected chi connectivity index (χ0v) is 11.3. The Hall–Kier alpha value is -0.600. The van der Waals surface area contributed by atoms with Crippen LogP contribution >= 0.6 is 0 Å². The molecule has 1 aromatic carbocycles. The van der Waals surface area contributed by atoms with Crippen molar-refractivity contribution in [2.75, 3.05) is 5.75 Å². The van der Waals surface area contributed by atoms with Crippen molar-refractivity contribution in [2.24, 2.45) is 5.16 Å². The van der Waals surface area contributed by atoms with Gasteiger partial charge in [-0.05, 0) is 12.1 Å². The first-order chi connectivity index (χ1) is 6.94. The summed E-state index contributed by atoms with van der Waals surface area (Å²) < 4.78 is 29.7. The topological polar surface area (TPSA) is 107 Å². The van der Waals surface area contributed by atoms with Crippen molar-refractivity contribution < 1.29 is 23.3 Å². The molecule has 0 aromatic heterocycles. The van der Waals surface area contributed by atoms with Gasteiger partial charge in [-0.2, -0.15) is 8.42 Å². The largest absolute Gasteiger partial charge is 0.507 e. The van der Waals surface area contributed by atoms with Crippen molar-refractivity contribution in [1.29, 1.82) is 0 Å². The Bertz CT molecular complexity index is 485. The van der Waals surface area contributed by atoms with Crippen LogP contribution in [0.15, 0.2) is 29.4 Å². The van der Waals surface area contributed by atoms with Crippen LogP contribution < -0.4 is 0 Å². The van der Waals surface area contributed by atoms with E-state index in [1.165, 1.54) is 24.3 Å². The first-order valence-corrected chi connectivity index (χ1v) is 5.49. The Kier molecular flexibility index (Phi) is 5.98. The molecule has 6 nitrogen and oxygen atoms in total. The molecular formula is C8H9NNaO5S. The van der Waals surface area contributed by atoms with Crippen LogP contribution in [0.5, 0.6) is 5.75 Å². The molecule has 3 N–H and O–H groups in total. The zero-order chi connectivity index (χ0) is 11.5. The van der Waals surface area contributed by atoms with Gasteiger partial charge in [0.1, 0.15) is 17.2 Å². The Morgan fingerprint density at radius 1 is 1.31 bits per heavy atom. The summed E-state index contributed by atoms with van der Waals surface area (Å²) in [7, 11) is -4.30. The molecule has 0 amide bonds. The Morgan fingerprint density at radius 3 is 2.31 bits per heavy atom. The summed E-state index contributed by atoms with van der Waals surface area (Å²) in [6.07, 6.45) is 0. The van der Waals surface area contributed by atoms with Crippen molar-refractivity contribution in [1.82, 2.24) is 0 Å². The van der Waals surface area contributed by atoms with Crippen LogP contribution in [0.2, 0.25) is 0 Å². The maximum atomic E-state index is 10.6. The van der Waals surface area contributed by atoms with E-state index in [9.17, 15) is 13.5 Å². The molecule has 0 saturated carbocycles. The van der Waals surface area contributed by atoms with Crippen LogP contribution in [0.25, 0.3) is 0 Å². The zero-order valence-electron chi connectivity index (χ0n) is 8.53. The van der Waals surface area contributed by atoms with Crippen LogP contribution in [-0.2, 0) is 10.1 Å². The Morgan fingerprint density at radius 2 is 1.88 bits per heavy atom. The quantitative estimate of drug-likeness (QED) is 0.233. The molecule has 0 aliphatic rings. The van der Waals surface area contributed by atoms with E-state index >= 15 is 0 Å². The van der Waals surface area contributed by atoms with Gasteiger partial charge in [-0.15, -0.1) is 0 Å². The average molecular weight is 254 g/mol. The van der Waals surface area contributed by atoms with Gasteiger partial charge < -0.3 is 10.3 Å². The number of para-hydroxylation sites is 1. The number of phenols is 1. The van der Waals surface area contributed by atoms with Gasteiger partial charge in [-0.3, -0.25) is 4.55 Å². The SMILES string of the molecule is O=S(=O)(O)C/C(=N/O)c1ccccc1O.[Na]. The molecule has 0 bridgehead atoms. The minimum atomic E-state index is -4.30. The van der Waals surface area contributed by atoms with E-state index in [-0.39, 0.29) is 46.6 Å². The van der Waals surface area contributed by atoms with Crippen LogP contribution in [-0.4, -0.2) is 64.3 Å². The van der Waals surface area contributed by atoms with Gasteiger partial charge >= 0.3 is 0 Å². The number of hydrogen-bond donors (Lipinski definition) is 3. The summed E-state index contributed by atoms with van der Waals surface area (Å²) in [4.78, 5) is 0. The number of rotatable bonds is 3. The van der Waals surface area contributed by atoms with E-state index in [4.69, 9.17) is 9.76 Å². The normalized spacial score (nSPS) is 11.9. The summed E-state index contributed by atoms with van der Waals surface area (Å²) in [6.45, 7) is 0. The molecule has 8 heteroatoms. The summed E-state index contributed by atoms with van der Waals surface area (Å²) in [5.74, 6) is -1.09. The second-order valence-corrected chi connectivity index (χ2v) is 4.24. The van der Waals surface area contributed by atoms with Crippen molar-refractivity contribution in [3.05, 3.63) is 29.8 Å². The first kappa shape index (κ1) is 15.4. The molecule has 1 rings (SSSR count). The summed E-state index contributed by atoms with van der Waals surface area (Å²) in [6, 6.07) is 5.74. The van der Waals surface area contributed by atoms with E-state index < -0.39 is 15.9 Å². The van der Waals surface area contributed by atoms with Crippen molar-refractivity contribution in [2.45, 2.75) is 0 Å². The number of hydrogen-bond acceptors (Lipinski definition) is 5. The van der Waals surface area contributed by atoms with E-state index in [1.54, 1.807) is 0 Å². The third-order valence-corrected chi connectivity index (χ3v) is 2.29. The van der Waals surface area contributed by atoms with Gasteiger partial charge in [-0.1, -0.05) is 17.3 Å². The van der Waals surface area contributed by atoms with Crippen molar-refractivity contribution >= 4 is 45.4 Å². The fourth-order valence-electron chi connectivity index (χ4n) is 1.05. The molecule has 0 fully saturated rings. The molecule has 0 heterocycles. The molecule has 0 unspecified atom stereocenters. The minimum absolute atomic E-state index is 0. The second kappa shape index (κ2) is 6.21. The van der Waals surface area contributed by atoms with E-state index in [2.05, 4.69) is 5.16 Å². The molecule has 0 atom stereocenters. The fourth-order valence-corrected chi connectivity index (χ4v) is 1.61. The summed E-state index contributed by atoms with van der Waals surface area (Å²) in [5.41, 5.74) is -0.270. The minimum Gasteiger partial charge on any atom is -0.507 e. The molecule has 0 saturated heterocycles. The van der Waals surface area contributed by atoms with Gasteiger partial charge in [0.25, 0.3) is 10.1 Å². The number of phenolic OH excluding ortho intramolecular Hbond substituents is 1. The van der Waals surface area contributed by atoms with Crippen LogP contribution in [0, 0.1) is 0 Å². The Balaban J connectivity index is 0.00000225. The summed E-state index contributed by atoms with van der Waals surface area (Å²) in [5, 5.41) is 20.6. The molecule has 0 spiro atoms. The van der Waals surface area contributed by atoms with E-state index in [1.807, 2.05) is 0 Å².